The summed E-state index contributed by atoms with van der Waals surface area (Å²) in [7, 11) is 0. The van der Waals surface area contributed by atoms with Crippen LogP contribution >= 0.6 is 27.7 Å². The second-order valence-corrected chi connectivity index (χ2v) is 5.99. The molecule has 0 atom stereocenters. The van der Waals surface area contributed by atoms with Crippen molar-refractivity contribution in [1.82, 2.24) is 0 Å². The van der Waals surface area contributed by atoms with E-state index in [1.807, 2.05) is 24.3 Å². The van der Waals surface area contributed by atoms with Crippen LogP contribution in [0.25, 0.3) is 0 Å². The first-order valence-corrected chi connectivity index (χ1v) is 7.31. The Balaban J connectivity index is 2.40. The molecule has 0 heterocycles. The maximum absolute atomic E-state index is 11.5. The van der Waals surface area contributed by atoms with Gasteiger partial charge in [-0.15, -0.1) is 0 Å². The Labute approximate surface area is 128 Å². The van der Waals surface area contributed by atoms with E-state index in [1.165, 1.54) is 24.8 Å². The van der Waals surface area contributed by atoms with Gasteiger partial charge >= 0.3 is 0 Å². The molecule has 0 saturated heterocycles. The quantitative estimate of drug-likeness (QED) is 0.454. The molecule has 2 aromatic rings. The summed E-state index contributed by atoms with van der Waals surface area (Å²) in [5.74, 6) is -0.314. The van der Waals surface area contributed by atoms with Crippen molar-refractivity contribution in [3.05, 3.63) is 62.6 Å². The second-order valence-electron chi connectivity index (χ2n) is 4.02. The van der Waals surface area contributed by atoms with E-state index < -0.39 is 4.92 Å². The maximum Gasteiger partial charge on any atom is 0.280 e. The van der Waals surface area contributed by atoms with Gasteiger partial charge in [0, 0.05) is 20.3 Å². The van der Waals surface area contributed by atoms with Crippen molar-refractivity contribution in [2.24, 2.45) is 0 Å². The van der Waals surface area contributed by atoms with Crippen molar-refractivity contribution >= 4 is 39.2 Å². The molecule has 0 radical (unpaired) electrons. The Morgan fingerprint density at radius 2 is 1.95 bits per heavy atom. The molecule has 0 aliphatic rings. The van der Waals surface area contributed by atoms with Crippen LogP contribution in [0.1, 0.15) is 17.3 Å². The number of hydrogen-bond acceptors (Lipinski definition) is 4. The van der Waals surface area contributed by atoms with E-state index >= 15 is 0 Å². The molecule has 4 nitrogen and oxygen atoms in total. The number of benzene rings is 2. The third-order valence-electron chi connectivity index (χ3n) is 2.61. The number of hydrogen-bond donors (Lipinski definition) is 0. The van der Waals surface area contributed by atoms with Gasteiger partial charge in [0.25, 0.3) is 5.69 Å². The number of nitro groups is 1. The van der Waals surface area contributed by atoms with E-state index in [2.05, 4.69) is 15.9 Å². The minimum Gasteiger partial charge on any atom is -0.294 e. The topological polar surface area (TPSA) is 60.2 Å². The van der Waals surface area contributed by atoms with Crippen LogP contribution in [0.5, 0.6) is 0 Å². The number of halogens is 1. The minimum atomic E-state index is -0.538. The van der Waals surface area contributed by atoms with Crippen LogP contribution in [0.3, 0.4) is 0 Å². The van der Waals surface area contributed by atoms with Crippen molar-refractivity contribution in [2.75, 3.05) is 0 Å². The largest absolute Gasteiger partial charge is 0.294 e. The van der Waals surface area contributed by atoms with Crippen LogP contribution in [0.2, 0.25) is 0 Å². The Bertz CT molecular complexity index is 688. The third-order valence-corrected chi connectivity index (χ3v) is 4.63. The fourth-order valence-electron chi connectivity index (χ4n) is 1.67. The first-order chi connectivity index (χ1) is 9.49. The second kappa shape index (κ2) is 6.19. The molecule has 102 valence electrons. The molecule has 2 aromatic carbocycles. The predicted molar refractivity (Wildman–Crippen MR) is 81.4 cm³/mol. The normalized spacial score (nSPS) is 10.3. The molecule has 0 aliphatic heterocycles. The first-order valence-electron chi connectivity index (χ1n) is 5.71. The van der Waals surface area contributed by atoms with Crippen molar-refractivity contribution in [1.29, 1.82) is 0 Å². The van der Waals surface area contributed by atoms with Gasteiger partial charge in [-0.3, -0.25) is 14.9 Å². The van der Waals surface area contributed by atoms with Crippen LogP contribution < -0.4 is 0 Å². The Morgan fingerprint density at radius 1 is 1.25 bits per heavy atom. The van der Waals surface area contributed by atoms with Crippen LogP contribution in [0.4, 0.5) is 5.69 Å². The van der Waals surface area contributed by atoms with Crippen LogP contribution in [-0.4, -0.2) is 10.7 Å². The van der Waals surface area contributed by atoms with E-state index in [9.17, 15) is 14.9 Å². The molecule has 20 heavy (non-hydrogen) atoms. The molecule has 0 spiro atoms. The summed E-state index contributed by atoms with van der Waals surface area (Å²) in [6.45, 7) is 1.33. The van der Waals surface area contributed by atoms with Gasteiger partial charge in [-0.25, -0.2) is 0 Å². The zero-order valence-electron chi connectivity index (χ0n) is 10.5. The molecule has 0 fully saturated rings. The summed E-state index contributed by atoms with van der Waals surface area (Å²) in [5.41, 5.74) is -0.0268. The van der Waals surface area contributed by atoms with Crippen LogP contribution in [-0.2, 0) is 0 Å². The van der Waals surface area contributed by atoms with E-state index in [-0.39, 0.29) is 17.0 Å². The highest BCUT2D eigenvalue weighted by molar-refractivity contribution is 9.10. The average molecular weight is 352 g/mol. The Morgan fingerprint density at radius 3 is 2.55 bits per heavy atom. The van der Waals surface area contributed by atoms with Crippen molar-refractivity contribution in [2.45, 2.75) is 16.7 Å². The van der Waals surface area contributed by atoms with E-state index in [4.69, 9.17) is 0 Å². The van der Waals surface area contributed by atoms with E-state index in [1.54, 1.807) is 12.1 Å². The van der Waals surface area contributed by atoms with E-state index in [0.29, 0.717) is 0 Å². The minimum absolute atomic E-state index is 0.132. The van der Waals surface area contributed by atoms with Gasteiger partial charge in [-0.1, -0.05) is 23.9 Å². The first kappa shape index (κ1) is 14.7. The molecule has 0 N–H and O–H groups in total. The molecule has 0 amide bonds. The monoisotopic (exact) mass is 351 g/mol. The smallest absolute Gasteiger partial charge is 0.280 e. The number of nitro benzene ring substituents is 1. The van der Waals surface area contributed by atoms with Gasteiger partial charge in [0.2, 0.25) is 0 Å². The molecule has 0 bridgehead atoms. The highest BCUT2D eigenvalue weighted by Gasteiger charge is 2.18. The van der Waals surface area contributed by atoms with Crippen molar-refractivity contribution < 1.29 is 9.72 Å². The highest BCUT2D eigenvalue weighted by Crippen LogP contribution is 2.35. The number of carbonyl (C=O) groups is 1. The summed E-state index contributed by atoms with van der Waals surface area (Å²) in [5, 5.41) is 10.9. The zero-order valence-corrected chi connectivity index (χ0v) is 12.9. The maximum atomic E-state index is 11.5. The molecular weight excluding hydrogens is 342 g/mol. The molecule has 0 unspecified atom stereocenters. The lowest BCUT2D eigenvalue weighted by atomic mass is 10.1. The van der Waals surface area contributed by atoms with Crippen LogP contribution in [0, 0.1) is 10.1 Å². The van der Waals surface area contributed by atoms with Gasteiger partial charge < -0.3 is 0 Å². The zero-order chi connectivity index (χ0) is 14.7. The Hall–Kier alpha value is -1.66. The molecule has 2 rings (SSSR count). The summed E-state index contributed by atoms with van der Waals surface area (Å²) >= 11 is 4.89. The van der Waals surface area contributed by atoms with Gasteiger partial charge in [0.15, 0.2) is 5.78 Å². The summed E-state index contributed by atoms with van der Waals surface area (Å²) in [4.78, 5) is 23.6. The summed E-state index contributed by atoms with van der Waals surface area (Å²) in [6, 6.07) is 12.2. The van der Waals surface area contributed by atoms with Crippen molar-refractivity contribution in [3.63, 3.8) is 0 Å². The fraction of sp³-hybridized carbons (Fsp3) is 0.0714. The lowest BCUT2D eigenvalue weighted by molar-refractivity contribution is -0.385. The van der Waals surface area contributed by atoms with Crippen molar-refractivity contribution in [3.8, 4) is 0 Å². The summed E-state index contributed by atoms with van der Waals surface area (Å²) in [6.07, 6.45) is 0. The van der Waals surface area contributed by atoms with Gasteiger partial charge in [0.05, 0.1) is 10.5 Å². The van der Waals surface area contributed by atoms with Gasteiger partial charge in [-0.05, 0) is 47.1 Å². The number of carbonyl (C=O) groups excluding carboxylic acids is 1. The number of rotatable bonds is 4. The third kappa shape index (κ3) is 3.26. The number of ketones is 1. The summed E-state index contributed by atoms with van der Waals surface area (Å²) < 4.78 is 0.938. The fourth-order valence-corrected chi connectivity index (χ4v) is 3.08. The van der Waals surface area contributed by atoms with Crippen LogP contribution in [0.15, 0.2) is 56.7 Å². The molecular formula is C14H10BrNO3S. The Kier molecular flexibility index (Phi) is 4.57. The standard InChI is InChI=1S/C14H10BrNO3S/c1-9(17)11-8-10(6-7-13(11)16(18)19)20-14-5-3-2-4-12(14)15/h2-8H,1H3. The highest BCUT2D eigenvalue weighted by atomic mass is 79.9. The van der Waals surface area contributed by atoms with Gasteiger partial charge in [-0.2, -0.15) is 0 Å². The molecule has 0 aliphatic carbocycles. The van der Waals surface area contributed by atoms with Gasteiger partial charge in [0.1, 0.15) is 0 Å². The number of nitrogens with zero attached hydrogens (tertiary/aromatic N) is 1. The SMILES string of the molecule is CC(=O)c1cc(Sc2ccccc2Br)ccc1[N+](=O)[O-]. The molecule has 0 aromatic heterocycles. The predicted octanol–water partition coefficient (Wildman–Crippen LogP) is 4.71. The number of Topliss-reactive ketones (excluding diaryl/α,β-unsaturated/α-hetero) is 1. The lowest BCUT2D eigenvalue weighted by Gasteiger charge is -2.06. The van der Waals surface area contributed by atoms with E-state index in [0.717, 1.165) is 14.3 Å². The lowest BCUT2D eigenvalue weighted by Crippen LogP contribution is -2.00. The average Bonchev–Trinajstić information content (AvgIpc) is 2.41. The molecule has 0 saturated carbocycles. The molecule has 6 heteroatoms.